The summed E-state index contributed by atoms with van der Waals surface area (Å²) in [5.41, 5.74) is 16.3. The SMILES string of the molecule is Nc1ccc(Nc2c3ccc(N)cc3nc3cccc(N=O)c23)cc1. The Bertz CT molecular complexity index is 1110. The Morgan fingerprint density at radius 2 is 1.64 bits per heavy atom. The second-order valence-electron chi connectivity index (χ2n) is 5.77. The molecule has 25 heavy (non-hydrogen) atoms. The number of rotatable bonds is 3. The molecule has 0 radical (unpaired) electrons. The number of aromatic nitrogens is 1. The molecular weight excluding hydrogens is 314 g/mol. The van der Waals surface area contributed by atoms with Crippen molar-refractivity contribution in [3.63, 3.8) is 0 Å². The molecule has 6 nitrogen and oxygen atoms in total. The zero-order valence-electron chi connectivity index (χ0n) is 13.2. The van der Waals surface area contributed by atoms with E-state index in [0.717, 1.165) is 22.3 Å². The zero-order chi connectivity index (χ0) is 17.4. The fourth-order valence-electron chi connectivity index (χ4n) is 2.91. The van der Waals surface area contributed by atoms with E-state index in [2.05, 4.69) is 15.5 Å². The maximum Gasteiger partial charge on any atom is 0.119 e. The number of pyridine rings is 1. The Morgan fingerprint density at radius 3 is 2.40 bits per heavy atom. The number of nitrogens with one attached hydrogen (secondary N) is 1. The van der Waals surface area contributed by atoms with Crippen LogP contribution in [0.25, 0.3) is 21.8 Å². The first-order valence-electron chi connectivity index (χ1n) is 7.73. The van der Waals surface area contributed by atoms with Crippen molar-refractivity contribution in [2.75, 3.05) is 16.8 Å². The van der Waals surface area contributed by atoms with Crippen molar-refractivity contribution < 1.29 is 0 Å². The Morgan fingerprint density at radius 1 is 0.880 bits per heavy atom. The van der Waals surface area contributed by atoms with Gasteiger partial charge >= 0.3 is 0 Å². The first-order valence-corrected chi connectivity index (χ1v) is 7.73. The van der Waals surface area contributed by atoms with Gasteiger partial charge in [-0.05, 0) is 59.8 Å². The van der Waals surface area contributed by atoms with E-state index in [-0.39, 0.29) is 0 Å². The smallest absolute Gasteiger partial charge is 0.119 e. The predicted molar refractivity (Wildman–Crippen MR) is 103 cm³/mol. The molecule has 6 heteroatoms. The molecule has 1 heterocycles. The summed E-state index contributed by atoms with van der Waals surface area (Å²) in [5, 5.41) is 8.07. The molecule has 5 N–H and O–H groups in total. The lowest BCUT2D eigenvalue weighted by molar-refractivity contribution is 1.46. The fraction of sp³-hybridized carbons (Fsp3) is 0. The molecule has 0 unspecified atom stereocenters. The van der Waals surface area contributed by atoms with Crippen molar-refractivity contribution in [1.82, 2.24) is 4.98 Å². The molecule has 122 valence electrons. The van der Waals surface area contributed by atoms with E-state index in [1.807, 2.05) is 42.5 Å². The van der Waals surface area contributed by atoms with Crippen LogP contribution in [0.4, 0.5) is 28.4 Å². The number of anilines is 4. The van der Waals surface area contributed by atoms with Gasteiger partial charge in [0.15, 0.2) is 0 Å². The number of hydrogen-bond donors (Lipinski definition) is 3. The van der Waals surface area contributed by atoms with Gasteiger partial charge in [-0.1, -0.05) is 6.07 Å². The highest BCUT2D eigenvalue weighted by Crippen LogP contribution is 2.38. The number of nitrogens with zero attached hydrogens (tertiary/aromatic N) is 2. The summed E-state index contributed by atoms with van der Waals surface area (Å²) in [5.74, 6) is 0. The topological polar surface area (TPSA) is 106 Å². The molecule has 4 rings (SSSR count). The Balaban J connectivity index is 2.05. The normalized spacial score (nSPS) is 10.9. The van der Waals surface area contributed by atoms with Crippen molar-refractivity contribution in [1.29, 1.82) is 0 Å². The van der Waals surface area contributed by atoms with E-state index >= 15 is 0 Å². The van der Waals surface area contributed by atoms with Crippen molar-refractivity contribution in [3.8, 4) is 0 Å². The Labute approximate surface area is 143 Å². The van der Waals surface area contributed by atoms with Crippen molar-refractivity contribution >= 4 is 50.2 Å². The average Bonchev–Trinajstić information content (AvgIpc) is 2.62. The number of hydrogen-bond acceptors (Lipinski definition) is 6. The maximum absolute atomic E-state index is 11.3. The van der Waals surface area contributed by atoms with Crippen LogP contribution in [0.3, 0.4) is 0 Å². The molecule has 0 spiro atoms. The summed E-state index contributed by atoms with van der Waals surface area (Å²) in [6.45, 7) is 0. The monoisotopic (exact) mass is 329 g/mol. The van der Waals surface area contributed by atoms with Gasteiger partial charge in [-0.25, -0.2) is 4.98 Å². The first-order chi connectivity index (χ1) is 12.2. The molecule has 3 aromatic carbocycles. The predicted octanol–water partition coefficient (Wildman–Crippen LogP) is 4.69. The molecule has 0 aliphatic rings. The number of benzene rings is 3. The molecule has 0 fully saturated rings. The second-order valence-corrected chi connectivity index (χ2v) is 5.77. The van der Waals surface area contributed by atoms with E-state index in [1.165, 1.54) is 0 Å². The minimum atomic E-state index is 0.335. The van der Waals surface area contributed by atoms with Crippen LogP contribution >= 0.6 is 0 Å². The molecule has 4 aromatic rings. The van der Waals surface area contributed by atoms with Gasteiger partial charge in [0.25, 0.3) is 0 Å². The quantitative estimate of drug-likeness (QED) is 0.287. The van der Waals surface area contributed by atoms with E-state index in [4.69, 9.17) is 11.5 Å². The van der Waals surface area contributed by atoms with Crippen LogP contribution < -0.4 is 16.8 Å². The van der Waals surface area contributed by atoms with Gasteiger partial charge in [0.05, 0.1) is 22.1 Å². The number of nitrogen functional groups attached to an aromatic ring is 2. The number of nitrogens with two attached hydrogens (primary N) is 2. The molecule has 0 aliphatic carbocycles. The molecule has 0 saturated heterocycles. The van der Waals surface area contributed by atoms with Gasteiger partial charge in [0.1, 0.15) is 5.69 Å². The van der Waals surface area contributed by atoms with Gasteiger partial charge in [-0.3, -0.25) is 0 Å². The lowest BCUT2D eigenvalue weighted by Crippen LogP contribution is -1.97. The van der Waals surface area contributed by atoms with Crippen molar-refractivity contribution in [3.05, 3.63) is 65.6 Å². The van der Waals surface area contributed by atoms with Crippen LogP contribution in [-0.2, 0) is 0 Å². The highest BCUT2D eigenvalue weighted by Gasteiger charge is 2.14. The van der Waals surface area contributed by atoms with E-state index in [9.17, 15) is 4.91 Å². The van der Waals surface area contributed by atoms with Crippen molar-refractivity contribution in [2.45, 2.75) is 0 Å². The zero-order valence-corrected chi connectivity index (χ0v) is 13.2. The van der Waals surface area contributed by atoms with Crippen LogP contribution in [0.2, 0.25) is 0 Å². The highest BCUT2D eigenvalue weighted by molar-refractivity contribution is 6.13. The van der Waals surface area contributed by atoms with E-state index in [0.29, 0.717) is 28.0 Å². The molecule has 1 aromatic heterocycles. The van der Waals surface area contributed by atoms with Gasteiger partial charge in [0.2, 0.25) is 0 Å². The molecule has 0 aliphatic heterocycles. The van der Waals surface area contributed by atoms with Gasteiger partial charge in [-0.2, -0.15) is 0 Å². The largest absolute Gasteiger partial charge is 0.399 e. The van der Waals surface area contributed by atoms with E-state index in [1.54, 1.807) is 18.2 Å². The molecule has 0 atom stereocenters. The third-order valence-electron chi connectivity index (χ3n) is 4.08. The summed E-state index contributed by atoms with van der Waals surface area (Å²) in [4.78, 5) is 15.9. The molecule has 0 bridgehead atoms. The standard InChI is InChI=1S/C19H15N5O/c20-11-4-7-13(8-5-11)22-19-14-9-6-12(21)10-17(14)23-15-2-1-3-16(24-25)18(15)19/h1-10H,20-21H2,(H,22,23). The maximum atomic E-state index is 11.3. The van der Waals surface area contributed by atoms with Gasteiger partial charge in [-0.15, -0.1) is 4.91 Å². The third-order valence-corrected chi connectivity index (χ3v) is 4.08. The Hall–Kier alpha value is -3.67. The summed E-state index contributed by atoms with van der Waals surface area (Å²) in [6.07, 6.45) is 0. The molecule has 0 amide bonds. The third kappa shape index (κ3) is 2.59. The highest BCUT2D eigenvalue weighted by atomic mass is 16.3. The summed E-state index contributed by atoms with van der Waals surface area (Å²) < 4.78 is 0. The van der Waals surface area contributed by atoms with Crippen molar-refractivity contribution in [2.24, 2.45) is 5.18 Å². The minimum absolute atomic E-state index is 0.335. The van der Waals surface area contributed by atoms with Crippen LogP contribution in [0.5, 0.6) is 0 Å². The number of fused-ring (bicyclic) bond motifs is 2. The van der Waals surface area contributed by atoms with E-state index < -0.39 is 0 Å². The lowest BCUT2D eigenvalue weighted by atomic mass is 10.1. The molecule has 0 saturated carbocycles. The van der Waals surface area contributed by atoms with Crippen LogP contribution in [0.1, 0.15) is 0 Å². The summed E-state index contributed by atoms with van der Waals surface area (Å²) >= 11 is 0. The fourth-order valence-corrected chi connectivity index (χ4v) is 2.91. The summed E-state index contributed by atoms with van der Waals surface area (Å²) in [7, 11) is 0. The van der Waals surface area contributed by atoms with Gasteiger partial charge < -0.3 is 16.8 Å². The lowest BCUT2D eigenvalue weighted by Gasteiger charge is -2.14. The van der Waals surface area contributed by atoms with Crippen LogP contribution in [0, 0.1) is 4.91 Å². The average molecular weight is 329 g/mol. The molecular formula is C19H15N5O. The Kier molecular flexibility index (Phi) is 3.43. The summed E-state index contributed by atoms with van der Waals surface area (Å²) in [6, 6.07) is 18.2. The van der Waals surface area contributed by atoms with Crippen LogP contribution in [0.15, 0.2) is 65.8 Å². The van der Waals surface area contributed by atoms with Gasteiger partial charge in [0, 0.05) is 22.4 Å². The second kappa shape index (κ2) is 5.76. The minimum Gasteiger partial charge on any atom is -0.399 e. The first kappa shape index (κ1) is 14.9. The number of nitroso groups, excluding NO2 is 1. The van der Waals surface area contributed by atoms with Crippen LogP contribution in [-0.4, -0.2) is 4.98 Å².